The van der Waals surface area contributed by atoms with E-state index >= 15 is 0 Å². The van der Waals surface area contributed by atoms with E-state index in [4.69, 9.17) is 0 Å². The fourth-order valence-electron chi connectivity index (χ4n) is 1.87. The Morgan fingerprint density at radius 1 is 1.60 bits per heavy atom. The predicted molar refractivity (Wildman–Crippen MR) is 63.4 cm³/mol. The van der Waals surface area contributed by atoms with Crippen molar-refractivity contribution < 1.29 is 0 Å². The van der Waals surface area contributed by atoms with Gasteiger partial charge in [-0.05, 0) is 26.4 Å². The molecule has 0 spiro atoms. The van der Waals surface area contributed by atoms with E-state index in [9.17, 15) is 0 Å². The molecule has 15 heavy (non-hydrogen) atoms. The fraction of sp³-hybridized carbons (Fsp3) is 0.800. The van der Waals surface area contributed by atoms with Crippen LogP contribution >= 0.6 is 11.5 Å². The highest BCUT2D eigenvalue weighted by molar-refractivity contribution is 7.09. The Bertz CT molecular complexity index is 312. The molecule has 84 valence electrons. The number of likely N-dealkylation sites (N-methyl/N-ethyl adjacent to an activating group) is 1. The second-order valence-corrected chi connectivity index (χ2v) is 4.91. The maximum absolute atomic E-state index is 4.47. The van der Waals surface area contributed by atoms with Crippen molar-refractivity contribution in [3.05, 3.63) is 5.82 Å². The van der Waals surface area contributed by atoms with Crippen LogP contribution in [-0.2, 0) is 6.42 Å². The molecule has 1 saturated heterocycles. The lowest BCUT2D eigenvalue weighted by Gasteiger charge is -2.10. The maximum Gasteiger partial charge on any atom is 0.202 e. The smallest absolute Gasteiger partial charge is 0.202 e. The molecule has 2 rings (SSSR count). The summed E-state index contributed by atoms with van der Waals surface area (Å²) < 4.78 is 4.32. The molecule has 1 fully saturated rings. The molecule has 1 atom stereocenters. The van der Waals surface area contributed by atoms with E-state index in [-0.39, 0.29) is 0 Å². The highest BCUT2D eigenvalue weighted by Crippen LogP contribution is 2.17. The first-order valence-corrected chi connectivity index (χ1v) is 6.33. The number of nitrogens with one attached hydrogen (secondary N) is 1. The standard InChI is InChI=1S/C10H18N4S/c1-3-4-9-12-10(15-13-9)11-8-5-6-14(2)7-8/h8H,3-7H2,1-2H3,(H,11,12,13). The summed E-state index contributed by atoms with van der Waals surface area (Å²) in [6.45, 7) is 4.45. The Morgan fingerprint density at radius 3 is 3.13 bits per heavy atom. The normalized spacial score (nSPS) is 22.1. The van der Waals surface area contributed by atoms with Crippen LogP contribution in [0.15, 0.2) is 0 Å². The van der Waals surface area contributed by atoms with Crippen molar-refractivity contribution in [2.24, 2.45) is 0 Å². The Labute approximate surface area is 94.9 Å². The first-order valence-electron chi connectivity index (χ1n) is 5.55. The summed E-state index contributed by atoms with van der Waals surface area (Å²) in [5.74, 6) is 0.983. The zero-order chi connectivity index (χ0) is 10.7. The van der Waals surface area contributed by atoms with E-state index < -0.39 is 0 Å². The molecule has 0 amide bonds. The number of likely N-dealkylation sites (tertiary alicyclic amines) is 1. The Kier molecular flexibility index (Phi) is 3.53. The van der Waals surface area contributed by atoms with Crippen molar-refractivity contribution in [1.82, 2.24) is 14.3 Å². The van der Waals surface area contributed by atoms with Crippen molar-refractivity contribution >= 4 is 16.7 Å². The fourth-order valence-corrected chi connectivity index (χ4v) is 2.55. The highest BCUT2D eigenvalue weighted by Gasteiger charge is 2.20. The van der Waals surface area contributed by atoms with Crippen LogP contribution in [0.2, 0.25) is 0 Å². The third-order valence-corrected chi connectivity index (χ3v) is 3.34. The molecule has 1 aromatic heterocycles. The molecular formula is C10H18N4S. The monoisotopic (exact) mass is 226 g/mol. The molecule has 1 unspecified atom stereocenters. The van der Waals surface area contributed by atoms with E-state index in [2.05, 4.69) is 33.5 Å². The summed E-state index contributed by atoms with van der Waals surface area (Å²) in [6, 6.07) is 0.553. The second-order valence-electron chi connectivity index (χ2n) is 4.16. The number of rotatable bonds is 4. The van der Waals surface area contributed by atoms with E-state index in [0.29, 0.717) is 6.04 Å². The van der Waals surface area contributed by atoms with Crippen LogP contribution in [0.1, 0.15) is 25.6 Å². The van der Waals surface area contributed by atoms with E-state index in [1.165, 1.54) is 24.5 Å². The average Bonchev–Trinajstić information content (AvgIpc) is 2.78. The van der Waals surface area contributed by atoms with E-state index in [0.717, 1.165) is 30.3 Å². The van der Waals surface area contributed by atoms with Gasteiger partial charge in [0.05, 0.1) is 0 Å². The summed E-state index contributed by atoms with van der Waals surface area (Å²) in [5.41, 5.74) is 0. The lowest BCUT2D eigenvalue weighted by atomic mass is 10.3. The van der Waals surface area contributed by atoms with Gasteiger partial charge in [-0.1, -0.05) is 6.92 Å². The molecular weight excluding hydrogens is 208 g/mol. The molecule has 0 saturated carbocycles. The number of nitrogens with zero attached hydrogens (tertiary/aromatic N) is 3. The van der Waals surface area contributed by atoms with Gasteiger partial charge in [-0.25, -0.2) is 4.98 Å². The second kappa shape index (κ2) is 4.90. The van der Waals surface area contributed by atoms with Crippen LogP contribution < -0.4 is 5.32 Å². The van der Waals surface area contributed by atoms with Crippen LogP contribution in [0.3, 0.4) is 0 Å². The van der Waals surface area contributed by atoms with Gasteiger partial charge in [0, 0.05) is 30.5 Å². The Hall–Kier alpha value is -0.680. The van der Waals surface area contributed by atoms with Crippen molar-refractivity contribution in [3.63, 3.8) is 0 Å². The third-order valence-electron chi connectivity index (χ3n) is 2.66. The van der Waals surface area contributed by atoms with Crippen LogP contribution in [0, 0.1) is 0 Å². The molecule has 0 radical (unpaired) electrons. The van der Waals surface area contributed by atoms with Crippen molar-refractivity contribution in [1.29, 1.82) is 0 Å². The van der Waals surface area contributed by atoms with Gasteiger partial charge < -0.3 is 10.2 Å². The van der Waals surface area contributed by atoms with Crippen LogP contribution in [-0.4, -0.2) is 40.4 Å². The number of anilines is 1. The van der Waals surface area contributed by atoms with Crippen LogP contribution in [0.5, 0.6) is 0 Å². The minimum atomic E-state index is 0.553. The van der Waals surface area contributed by atoms with Gasteiger partial charge in [-0.15, -0.1) is 0 Å². The topological polar surface area (TPSA) is 41.1 Å². The van der Waals surface area contributed by atoms with Gasteiger partial charge in [0.15, 0.2) is 0 Å². The van der Waals surface area contributed by atoms with Crippen molar-refractivity contribution in [2.75, 3.05) is 25.5 Å². The number of hydrogen-bond donors (Lipinski definition) is 1. The van der Waals surface area contributed by atoms with E-state index in [1.807, 2.05) is 0 Å². The largest absolute Gasteiger partial charge is 0.356 e. The maximum atomic E-state index is 4.47. The Balaban J connectivity index is 1.87. The van der Waals surface area contributed by atoms with Gasteiger partial charge in [-0.3, -0.25) is 0 Å². The molecule has 2 heterocycles. The summed E-state index contributed by atoms with van der Waals surface area (Å²) in [5, 5.41) is 4.44. The zero-order valence-corrected chi connectivity index (χ0v) is 10.2. The molecule has 1 N–H and O–H groups in total. The van der Waals surface area contributed by atoms with Gasteiger partial charge in [0.2, 0.25) is 5.13 Å². The predicted octanol–water partition coefficient (Wildman–Crippen LogP) is 1.61. The number of hydrogen-bond acceptors (Lipinski definition) is 5. The summed E-state index contributed by atoms with van der Waals surface area (Å²) in [4.78, 5) is 6.81. The quantitative estimate of drug-likeness (QED) is 0.847. The summed E-state index contributed by atoms with van der Waals surface area (Å²) >= 11 is 1.49. The molecule has 1 aliphatic rings. The lowest BCUT2D eigenvalue weighted by molar-refractivity contribution is 0.414. The lowest BCUT2D eigenvalue weighted by Crippen LogP contribution is -2.23. The summed E-state index contributed by atoms with van der Waals surface area (Å²) in [6.07, 6.45) is 3.31. The van der Waals surface area contributed by atoms with Gasteiger partial charge >= 0.3 is 0 Å². The van der Waals surface area contributed by atoms with Crippen molar-refractivity contribution in [2.45, 2.75) is 32.2 Å². The number of aryl methyl sites for hydroxylation is 1. The van der Waals surface area contributed by atoms with Gasteiger partial charge in [-0.2, -0.15) is 4.37 Å². The third kappa shape index (κ3) is 2.89. The molecule has 0 aromatic carbocycles. The average molecular weight is 226 g/mol. The van der Waals surface area contributed by atoms with Gasteiger partial charge in [0.1, 0.15) is 5.82 Å². The first-order chi connectivity index (χ1) is 7.28. The molecule has 0 bridgehead atoms. The molecule has 4 nitrogen and oxygen atoms in total. The molecule has 5 heteroatoms. The minimum Gasteiger partial charge on any atom is -0.356 e. The molecule has 1 aromatic rings. The van der Waals surface area contributed by atoms with Crippen LogP contribution in [0.4, 0.5) is 5.13 Å². The van der Waals surface area contributed by atoms with E-state index in [1.54, 1.807) is 0 Å². The van der Waals surface area contributed by atoms with Gasteiger partial charge in [0.25, 0.3) is 0 Å². The first kappa shape index (κ1) is 10.8. The van der Waals surface area contributed by atoms with Crippen LogP contribution in [0.25, 0.3) is 0 Å². The van der Waals surface area contributed by atoms with Crippen molar-refractivity contribution in [3.8, 4) is 0 Å². The molecule has 0 aliphatic carbocycles. The number of aromatic nitrogens is 2. The highest BCUT2D eigenvalue weighted by atomic mass is 32.1. The minimum absolute atomic E-state index is 0.553. The Morgan fingerprint density at radius 2 is 2.47 bits per heavy atom. The zero-order valence-electron chi connectivity index (χ0n) is 9.36. The SMILES string of the molecule is CCCc1nsc(NC2CCN(C)C2)n1. The summed E-state index contributed by atoms with van der Waals surface area (Å²) in [7, 11) is 2.16. The molecule has 1 aliphatic heterocycles.